The SMILES string of the molecule is CC[C@@]1(O)C(=O)OCc2c1cc1n(c2=O)Cc2c-1nc1cc(Cl)c(C)c3c1c2C(NC(=O)C(C)(C)O)CC3. The molecule has 2 atom stereocenters. The molecular weight excluding hydrogens is 510 g/mol. The molecule has 10 heteroatoms. The van der Waals surface area contributed by atoms with E-state index >= 15 is 0 Å². The lowest BCUT2D eigenvalue weighted by molar-refractivity contribution is -0.172. The lowest BCUT2D eigenvalue weighted by Gasteiger charge is -2.31. The minimum Gasteiger partial charge on any atom is -0.458 e. The summed E-state index contributed by atoms with van der Waals surface area (Å²) in [5, 5.41) is 26.0. The molecule has 0 radical (unpaired) electrons. The molecule has 1 aliphatic carbocycles. The third kappa shape index (κ3) is 3.31. The minimum atomic E-state index is -1.92. The maximum atomic E-state index is 13.7. The first-order valence-electron chi connectivity index (χ1n) is 12.7. The number of ether oxygens (including phenoxy) is 1. The molecular formula is C28H28ClN3O6. The number of aryl methyl sites for hydroxylation is 1. The van der Waals surface area contributed by atoms with Gasteiger partial charge < -0.3 is 24.8 Å². The summed E-state index contributed by atoms with van der Waals surface area (Å²) in [5.41, 5.74) is 1.93. The highest BCUT2D eigenvalue weighted by Gasteiger charge is 2.46. The fourth-order valence-electron chi connectivity index (χ4n) is 6.03. The van der Waals surface area contributed by atoms with Gasteiger partial charge in [-0.1, -0.05) is 18.5 Å². The average Bonchev–Trinajstić information content (AvgIpc) is 3.23. The van der Waals surface area contributed by atoms with Crippen molar-refractivity contribution in [3.63, 3.8) is 0 Å². The molecule has 3 N–H and O–H groups in total. The highest BCUT2D eigenvalue weighted by molar-refractivity contribution is 6.32. The Bertz CT molecular complexity index is 1650. The van der Waals surface area contributed by atoms with Crippen LogP contribution in [0.5, 0.6) is 0 Å². The second-order valence-electron chi connectivity index (χ2n) is 10.9. The fraction of sp³-hybridized carbons (Fsp3) is 0.429. The number of esters is 1. The molecule has 0 fully saturated rings. The van der Waals surface area contributed by atoms with E-state index in [-0.39, 0.29) is 36.3 Å². The summed E-state index contributed by atoms with van der Waals surface area (Å²) in [6.07, 6.45) is 1.30. The van der Waals surface area contributed by atoms with Crippen molar-refractivity contribution in [3.05, 3.63) is 60.9 Å². The van der Waals surface area contributed by atoms with E-state index in [1.807, 2.05) is 6.92 Å². The van der Waals surface area contributed by atoms with Crippen LogP contribution in [0.4, 0.5) is 0 Å². The van der Waals surface area contributed by atoms with E-state index in [4.69, 9.17) is 21.3 Å². The Balaban J connectivity index is 1.64. The second kappa shape index (κ2) is 8.11. The third-order valence-corrected chi connectivity index (χ3v) is 8.63. The van der Waals surface area contributed by atoms with Gasteiger partial charge in [-0.05, 0) is 68.9 Å². The van der Waals surface area contributed by atoms with Gasteiger partial charge in [-0.25, -0.2) is 9.78 Å². The van der Waals surface area contributed by atoms with E-state index < -0.39 is 29.1 Å². The van der Waals surface area contributed by atoms with Crippen LogP contribution in [-0.2, 0) is 39.5 Å². The van der Waals surface area contributed by atoms with E-state index in [0.29, 0.717) is 34.8 Å². The Hall–Kier alpha value is -3.27. The van der Waals surface area contributed by atoms with Crippen LogP contribution in [0.2, 0.25) is 5.02 Å². The molecule has 9 nitrogen and oxygen atoms in total. The monoisotopic (exact) mass is 537 g/mol. The number of aliphatic hydroxyl groups is 2. The van der Waals surface area contributed by atoms with Gasteiger partial charge in [-0.15, -0.1) is 0 Å². The van der Waals surface area contributed by atoms with Gasteiger partial charge in [0.2, 0.25) is 0 Å². The Morgan fingerprint density at radius 2 is 2.03 bits per heavy atom. The number of cyclic esters (lactones) is 1. The number of hydrogen-bond donors (Lipinski definition) is 3. The third-order valence-electron chi connectivity index (χ3n) is 8.24. The number of fused-ring (bicyclic) bond motifs is 5. The summed E-state index contributed by atoms with van der Waals surface area (Å²) in [7, 11) is 0. The number of amides is 1. The molecule has 3 aliphatic rings. The molecule has 2 aliphatic heterocycles. The normalized spacial score (nSPS) is 21.6. The maximum Gasteiger partial charge on any atom is 0.343 e. The first-order valence-corrected chi connectivity index (χ1v) is 13.1. The Morgan fingerprint density at radius 3 is 2.71 bits per heavy atom. The van der Waals surface area contributed by atoms with Crippen LogP contribution in [0.15, 0.2) is 16.9 Å². The van der Waals surface area contributed by atoms with Gasteiger partial charge in [0.15, 0.2) is 5.60 Å². The molecule has 1 aromatic carbocycles. The van der Waals surface area contributed by atoms with Crippen molar-refractivity contribution < 1.29 is 24.5 Å². The first kappa shape index (κ1) is 25.0. The summed E-state index contributed by atoms with van der Waals surface area (Å²) in [4.78, 5) is 44.0. The molecule has 1 unspecified atom stereocenters. The van der Waals surface area contributed by atoms with Gasteiger partial charge >= 0.3 is 5.97 Å². The summed E-state index contributed by atoms with van der Waals surface area (Å²) in [6, 6.07) is 3.04. The van der Waals surface area contributed by atoms with Gasteiger partial charge in [-0.2, -0.15) is 0 Å². The molecule has 2 aromatic heterocycles. The Kier molecular flexibility index (Phi) is 5.35. The van der Waals surface area contributed by atoms with Crippen molar-refractivity contribution in [2.45, 2.75) is 77.4 Å². The fourth-order valence-corrected chi connectivity index (χ4v) is 6.25. The van der Waals surface area contributed by atoms with Crippen molar-refractivity contribution >= 4 is 34.4 Å². The predicted molar refractivity (Wildman–Crippen MR) is 140 cm³/mol. The number of carbonyl (C=O) groups excluding carboxylic acids is 2. The Morgan fingerprint density at radius 1 is 1.29 bits per heavy atom. The zero-order valence-corrected chi connectivity index (χ0v) is 22.3. The molecule has 198 valence electrons. The van der Waals surface area contributed by atoms with E-state index in [0.717, 1.165) is 27.6 Å². The van der Waals surface area contributed by atoms with Gasteiger partial charge in [-0.3, -0.25) is 9.59 Å². The zero-order valence-electron chi connectivity index (χ0n) is 21.6. The number of benzene rings is 1. The summed E-state index contributed by atoms with van der Waals surface area (Å²) in [5.74, 6) is -1.28. The number of halogens is 1. The number of nitrogens with zero attached hydrogens (tertiary/aromatic N) is 2. The highest BCUT2D eigenvalue weighted by Crippen LogP contribution is 2.46. The number of hydrogen-bond acceptors (Lipinski definition) is 7. The molecule has 0 bridgehead atoms. The minimum absolute atomic E-state index is 0.0499. The van der Waals surface area contributed by atoms with Gasteiger partial charge in [0.25, 0.3) is 11.5 Å². The highest BCUT2D eigenvalue weighted by atomic mass is 35.5. The van der Waals surface area contributed by atoms with Crippen LogP contribution in [0.25, 0.3) is 22.3 Å². The van der Waals surface area contributed by atoms with Crippen LogP contribution >= 0.6 is 11.6 Å². The van der Waals surface area contributed by atoms with Gasteiger partial charge in [0.05, 0.1) is 35.1 Å². The Labute approximate surface area is 223 Å². The summed E-state index contributed by atoms with van der Waals surface area (Å²) >= 11 is 6.59. The van der Waals surface area contributed by atoms with E-state index in [2.05, 4.69) is 5.32 Å². The number of nitrogens with one attached hydrogen (secondary N) is 1. The van der Waals surface area contributed by atoms with Crippen molar-refractivity contribution in [3.8, 4) is 11.4 Å². The van der Waals surface area contributed by atoms with E-state index in [1.54, 1.807) is 23.6 Å². The molecule has 6 rings (SSSR count). The number of rotatable bonds is 3. The van der Waals surface area contributed by atoms with E-state index in [1.165, 1.54) is 13.8 Å². The summed E-state index contributed by atoms with van der Waals surface area (Å²) in [6.45, 7) is 6.50. The molecule has 3 aromatic rings. The number of pyridine rings is 2. The maximum absolute atomic E-state index is 13.7. The molecule has 0 spiro atoms. The standard InChI is InChI=1S/C28H28ClN3O6/c1-5-28(37)16-8-20-23-14(10-32(20)24(33)15(16)11-38-26(28)35)22-18(31-25(34)27(3,4)36)7-6-13-12(2)17(29)9-19(30-23)21(13)22/h8-9,18,36-37H,5-7,10-11H2,1-4H3,(H,31,34)/t18?,28-/m0/s1. The number of aromatic nitrogens is 2. The molecule has 0 saturated carbocycles. The van der Waals surface area contributed by atoms with Crippen molar-refractivity contribution in [1.29, 1.82) is 0 Å². The van der Waals surface area contributed by atoms with Crippen molar-refractivity contribution in [2.24, 2.45) is 0 Å². The second-order valence-corrected chi connectivity index (χ2v) is 11.3. The van der Waals surface area contributed by atoms with Gasteiger partial charge in [0.1, 0.15) is 12.2 Å². The smallest absolute Gasteiger partial charge is 0.343 e. The van der Waals surface area contributed by atoms with E-state index in [9.17, 15) is 24.6 Å². The van der Waals surface area contributed by atoms with Gasteiger partial charge in [0, 0.05) is 21.5 Å². The van der Waals surface area contributed by atoms with Crippen LogP contribution in [0.1, 0.15) is 73.0 Å². The molecule has 1 amide bonds. The number of carbonyl (C=O) groups is 2. The lowest BCUT2D eigenvalue weighted by Crippen LogP contribution is -2.44. The zero-order chi connectivity index (χ0) is 27.3. The van der Waals surface area contributed by atoms with Crippen LogP contribution in [-0.4, -0.2) is 37.2 Å². The largest absolute Gasteiger partial charge is 0.458 e. The topological polar surface area (TPSA) is 131 Å². The quantitative estimate of drug-likeness (QED) is 0.342. The van der Waals surface area contributed by atoms with Crippen LogP contribution in [0.3, 0.4) is 0 Å². The lowest BCUT2D eigenvalue weighted by atomic mass is 9.81. The average molecular weight is 538 g/mol. The predicted octanol–water partition coefficient (Wildman–Crippen LogP) is 2.92. The van der Waals surface area contributed by atoms with Crippen LogP contribution < -0.4 is 10.9 Å². The van der Waals surface area contributed by atoms with Crippen LogP contribution in [0, 0.1) is 6.92 Å². The molecule has 4 heterocycles. The first-order chi connectivity index (χ1) is 17.9. The summed E-state index contributed by atoms with van der Waals surface area (Å²) < 4.78 is 6.76. The van der Waals surface area contributed by atoms with Crippen molar-refractivity contribution in [1.82, 2.24) is 14.9 Å². The molecule has 0 saturated heterocycles. The van der Waals surface area contributed by atoms with Crippen molar-refractivity contribution in [2.75, 3.05) is 0 Å². The molecule has 38 heavy (non-hydrogen) atoms.